The molecule has 0 radical (unpaired) electrons. The van der Waals surface area contributed by atoms with E-state index in [1.165, 1.54) is 11.9 Å². The van der Waals surface area contributed by atoms with Crippen LogP contribution in [0.5, 0.6) is 5.75 Å². The SMILES string of the molecule is CN1C(=O)C(=O)C(C(=O)NCCOc2ccc(Cl)cc2Cl)c2ccccc21. The Balaban J connectivity index is 1.64. The maximum Gasteiger partial charge on any atom is 0.295 e. The summed E-state index contributed by atoms with van der Waals surface area (Å²) >= 11 is 11.8. The van der Waals surface area contributed by atoms with Gasteiger partial charge in [-0.15, -0.1) is 0 Å². The Bertz CT molecular complexity index is 916. The molecule has 0 aromatic heterocycles. The molecule has 140 valence electrons. The summed E-state index contributed by atoms with van der Waals surface area (Å²) in [6.07, 6.45) is 0. The standard InChI is InChI=1S/C19H16Cl2N2O4/c1-23-14-5-3-2-4-12(14)16(17(24)19(23)26)18(25)22-8-9-27-15-7-6-11(20)10-13(15)21/h2-7,10,16H,8-9H2,1H3,(H,22,25). The largest absolute Gasteiger partial charge is 0.490 e. The molecule has 1 atom stereocenters. The molecule has 0 fully saturated rings. The Morgan fingerprint density at radius 3 is 2.67 bits per heavy atom. The average Bonchev–Trinajstić information content (AvgIpc) is 2.65. The lowest BCUT2D eigenvalue weighted by atomic mass is 9.88. The van der Waals surface area contributed by atoms with E-state index in [1.807, 2.05) is 0 Å². The van der Waals surface area contributed by atoms with E-state index in [9.17, 15) is 14.4 Å². The number of benzene rings is 2. The van der Waals surface area contributed by atoms with Gasteiger partial charge in [0.25, 0.3) is 5.91 Å². The number of para-hydroxylation sites is 1. The van der Waals surface area contributed by atoms with E-state index in [2.05, 4.69) is 5.32 Å². The molecule has 1 unspecified atom stereocenters. The Kier molecular flexibility index (Phi) is 5.68. The van der Waals surface area contributed by atoms with Crippen molar-refractivity contribution in [1.29, 1.82) is 0 Å². The first kappa shape index (κ1) is 19.2. The van der Waals surface area contributed by atoms with E-state index in [4.69, 9.17) is 27.9 Å². The van der Waals surface area contributed by atoms with Gasteiger partial charge in [0.15, 0.2) is 0 Å². The normalized spacial score (nSPS) is 16.1. The number of rotatable bonds is 5. The van der Waals surface area contributed by atoms with Crippen molar-refractivity contribution in [3.63, 3.8) is 0 Å². The molecule has 6 nitrogen and oxygen atoms in total. The summed E-state index contributed by atoms with van der Waals surface area (Å²) in [4.78, 5) is 38.3. The molecule has 2 aromatic carbocycles. The first-order valence-corrected chi connectivity index (χ1v) is 8.92. The molecule has 3 rings (SSSR count). The molecule has 0 saturated heterocycles. The van der Waals surface area contributed by atoms with Gasteiger partial charge >= 0.3 is 0 Å². The van der Waals surface area contributed by atoms with Crippen molar-refractivity contribution in [3.8, 4) is 5.75 Å². The van der Waals surface area contributed by atoms with E-state index in [0.29, 0.717) is 27.0 Å². The third-order valence-corrected chi connectivity index (χ3v) is 4.73. The Labute approximate surface area is 166 Å². The number of halogens is 2. The minimum Gasteiger partial charge on any atom is -0.490 e. The van der Waals surface area contributed by atoms with Gasteiger partial charge in [-0.2, -0.15) is 0 Å². The molecular weight excluding hydrogens is 391 g/mol. The van der Waals surface area contributed by atoms with Crippen molar-refractivity contribution in [3.05, 3.63) is 58.1 Å². The Hall–Kier alpha value is -2.57. The lowest BCUT2D eigenvalue weighted by molar-refractivity contribution is -0.140. The van der Waals surface area contributed by atoms with Crippen molar-refractivity contribution >= 4 is 46.5 Å². The van der Waals surface area contributed by atoms with Crippen LogP contribution in [0.2, 0.25) is 10.0 Å². The van der Waals surface area contributed by atoms with Crippen LogP contribution >= 0.6 is 23.2 Å². The van der Waals surface area contributed by atoms with Gasteiger partial charge in [-0.25, -0.2) is 0 Å². The number of fused-ring (bicyclic) bond motifs is 1. The van der Waals surface area contributed by atoms with Crippen LogP contribution in [0.1, 0.15) is 11.5 Å². The topological polar surface area (TPSA) is 75.7 Å². The number of amides is 2. The summed E-state index contributed by atoms with van der Waals surface area (Å²) in [5, 5.41) is 3.49. The minimum absolute atomic E-state index is 0.142. The van der Waals surface area contributed by atoms with Crippen LogP contribution in [-0.4, -0.2) is 37.8 Å². The second-order valence-corrected chi connectivity index (χ2v) is 6.78. The fourth-order valence-corrected chi connectivity index (χ4v) is 3.33. The van der Waals surface area contributed by atoms with Crippen LogP contribution < -0.4 is 15.0 Å². The fraction of sp³-hybridized carbons (Fsp3) is 0.211. The number of carbonyl (C=O) groups excluding carboxylic acids is 3. The van der Waals surface area contributed by atoms with Crippen LogP contribution in [0.4, 0.5) is 5.69 Å². The zero-order chi connectivity index (χ0) is 19.6. The molecular formula is C19H16Cl2N2O4. The molecule has 0 spiro atoms. The lowest BCUT2D eigenvalue weighted by Gasteiger charge is -2.29. The van der Waals surface area contributed by atoms with E-state index in [1.54, 1.807) is 42.5 Å². The maximum atomic E-state index is 12.5. The van der Waals surface area contributed by atoms with Crippen molar-refractivity contribution in [2.75, 3.05) is 25.1 Å². The summed E-state index contributed by atoms with van der Waals surface area (Å²) in [5.41, 5.74) is 1.05. The van der Waals surface area contributed by atoms with E-state index in [0.717, 1.165) is 0 Å². The van der Waals surface area contributed by atoms with E-state index >= 15 is 0 Å². The molecule has 8 heteroatoms. The first-order valence-electron chi connectivity index (χ1n) is 8.16. The summed E-state index contributed by atoms with van der Waals surface area (Å²) in [5.74, 6) is -2.73. The zero-order valence-electron chi connectivity index (χ0n) is 14.4. The minimum atomic E-state index is -1.16. The second-order valence-electron chi connectivity index (χ2n) is 5.93. The van der Waals surface area contributed by atoms with Gasteiger partial charge in [0.1, 0.15) is 18.3 Å². The molecule has 2 amide bonds. The molecule has 0 bridgehead atoms. The highest BCUT2D eigenvalue weighted by atomic mass is 35.5. The van der Waals surface area contributed by atoms with Crippen LogP contribution in [0, 0.1) is 0 Å². The number of hydrogen-bond acceptors (Lipinski definition) is 4. The average molecular weight is 407 g/mol. The molecule has 2 aromatic rings. The Morgan fingerprint density at radius 1 is 1.19 bits per heavy atom. The third-order valence-electron chi connectivity index (χ3n) is 4.20. The number of Topliss-reactive ketones (excluding diaryl/α,β-unsaturated/α-hetero) is 1. The monoisotopic (exact) mass is 406 g/mol. The smallest absolute Gasteiger partial charge is 0.295 e. The predicted molar refractivity (Wildman–Crippen MR) is 103 cm³/mol. The number of anilines is 1. The molecule has 1 heterocycles. The van der Waals surface area contributed by atoms with Crippen molar-refractivity contribution in [1.82, 2.24) is 5.32 Å². The number of carbonyl (C=O) groups is 3. The van der Waals surface area contributed by atoms with Gasteiger partial charge in [-0.05, 0) is 29.8 Å². The highest BCUT2D eigenvalue weighted by Crippen LogP contribution is 2.33. The summed E-state index contributed by atoms with van der Waals surface area (Å²) in [6.45, 7) is 0.289. The van der Waals surface area contributed by atoms with Gasteiger partial charge in [0.2, 0.25) is 11.7 Å². The van der Waals surface area contributed by atoms with Crippen molar-refractivity contribution < 1.29 is 19.1 Å². The lowest BCUT2D eigenvalue weighted by Crippen LogP contribution is -2.47. The quantitative estimate of drug-likeness (QED) is 0.470. The van der Waals surface area contributed by atoms with E-state index in [-0.39, 0.29) is 13.2 Å². The van der Waals surface area contributed by atoms with Crippen molar-refractivity contribution in [2.45, 2.75) is 5.92 Å². The van der Waals surface area contributed by atoms with E-state index < -0.39 is 23.5 Å². The summed E-state index contributed by atoms with van der Waals surface area (Å²) < 4.78 is 5.50. The second kappa shape index (κ2) is 7.98. The van der Waals surface area contributed by atoms with Gasteiger partial charge in [0.05, 0.1) is 11.6 Å². The summed E-state index contributed by atoms with van der Waals surface area (Å²) in [6, 6.07) is 11.7. The van der Waals surface area contributed by atoms with Gasteiger partial charge in [0, 0.05) is 17.8 Å². The predicted octanol–water partition coefficient (Wildman–Crippen LogP) is 2.82. The van der Waals surface area contributed by atoms with Crippen molar-refractivity contribution in [2.24, 2.45) is 0 Å². The van der Waals surface area contributed by atoms with Gasteiger partial charge in [-0.3, -0.25) is 14.4 Å². The molecule has 0 aliphatic carbocycles. The van der Waals surface area contributed by atoms with Crippen LogP contribution in [0.15, 0.2) is 42.5 Å². The molecule has 0 saturated carbocycles. The molecule has 1 N–H and O–H groups in total. The first-order chi connectivity index (χ1) is 12.9. The summed E-state index contributed by atoms with van der Waals surface area (Å²) in [7, 11) is 1.51. The molecule has 27 heavy (non-hydrogen) atoms. The third kappa shape index (κ3) is 3.91. The van der Waals surface area contributed by atoms with Crippen LogP contribution in [0.25, 0.3) is 0 Å². The number of ketones is 1. The van der Waals surface area contributed by atoms with Gasteiger partial charge < -0.3 is 15.0 Å². The molecule has 1 aliphatic rings. The number of ether oxygens (including phenoxy) is 1. The van der Waals surface area contributed by atoms with Crippen LogP contribution in [0.3, 0.4) is 0 Å². The number of likely N-dealkylation sites (N-methyl/N-ethyl adjacent to an activating group) is 1. The highest BCUT2D eigenvalue weighted by Gasteiger charge is 2.41. The fourth-order valence-electron chi connectivity index (χ4n) is 2.87. The number of nitrogens with one attached hydrogen (secondary N) is 1. The van der Waals surface area contributed by atoms with Gasteiger partial charge in [-0.1, -0.05) is 41.4 Å². The maximum absolute atomic E-state index is 12.5. The highest BCUT2D eigenvalue weighted by molar-refractivity contribution is 6.48. The number of nitrogens with zero attached hydrogens (tertiary/aromatic N) is 1. The van der Waals surface area contributed by atoms with Crippen LogP contribution in [-0.2, 0) is 14.4 Å². The Morgan fingerprint density at radius 2 is 1.93 bits per heavy atom. The number of hydrogen-bond donors (Lipinski definition) is 1. The zero-order valence-corrected chi connectivity index (χ0v) is 15.9. The molecule has 1 aliphatic heterocycles.